The molecule has 0 atom stereocenters. The van der Waals surface area contributed by atoms with Crippen LogP contribution in [0.25, 0.3) is 0 Å². The van der Waals surface area contributed by atoms with Crippen LogP contribution in [0, 0.1) is 0 Å². The van der Waals surface area contributed by atoms with Crippen molar-refractivity contribution >= 4 is 28.3 Å². The summed E-state index contributed by atoms with van der Waals surface area (Å²) in [6, 6.07) is 11.2. The number of nitrogens with one attached hydrogen (secondary N) is 1. The number of nitrogens with zero attached hydrogens (tertiary/aromatic N) is 1. The normalized spacial score (nSPS) is 11.2. The lowest BCUT2D eigenvalue weighted by Gasteiger charge is -2.09. The van der Waals surface area contributed by atoms with Crippen LogP contribution >= 0.6 is 11.3 Å². The first-order valence-electron chi connectivity index (χ1n) is 8.64. The number of amides is 2. The van der Waals surface area contributed by atoms with Crippen molar-refractivity contribution in [3.8, 4) is 5.75 Å². The lowest BCUT2D eigenvalue weighted by atomic mass is 10.1. The number of hydrogen-bond acceptors (Lipinski definition) is 5. The standard InChI is InChI=1S/C20H16F3N3O3S/c21-20(22,23)13-7-5-12(6-8-13)9-14-10-25-19(30-14)26-18(28)15-3-1-2-4-16(15)29-11-17(24)27/h1-8,10H,9,11H2,(H2,24,27)(H,25,26,28). The first-order valence-corrected chi connectivity index (χ1v) is 9.46. The number of aromatic nitrogens is 1. The third-order valence-corrected chi connectivity index (χ3v) is 4.85. The van der Waals surface area contributed by atoms with Gasteiger partial charge in [-0.05, 0) is 29.8 Å². The highest BCUT2D eigenvalue weighted by Gasteiger charge is 2.29. The molecule has 6 nitrogen and oxygen atoms in total. The Morgan fingerprint density at radius 3 is 2.47 bits per heavy atom. The minimum atomic E-state index is -4.38. The van der Waals surface area contributed by atoms with Gasteiger partial charge in [-0.2, -0.15) is 13.2 Å². The Hall–Kier alpha value is -3.40. The summed E-state index contributed by atoms with van der Waals surface area (Å²) in [6.07, 6.45) is -2.45. The van der Waals surface area contributed by atoms with Gasteiger partial charge < -0.3 is 10.5 Å². The van der Waals surface area contributed by atoms with Crippen LogP contribution in [0.1, 0.15) is 26.4 Å². The molecule has 1 heterocycles. The van der Waals surface area contributed by atoms with Gasteiger partial charge in [-0.3, -0.25) is 14.9 Å². The topological polar surface area (TPSA) is 94.3 Å². The summed E-state index contributed by atoms with van der Waals surface area (Å²) in [6.45, 7) is -0.362. The van der Waals surface area contributed by atoms with Gasteiger partial charge in [-0.1, -0.05) is 24.3 Å². The smallest absolute Gasteiger partial charge is 0.416 e. The van der Waals surface area contributed by atoms with E-state index in [0.717, 1.165) is 17.0 Å². The number of carbonyl (C=O) groups is 2. The summed E-state index contributed by atoms with van der Waals surface area (Å²) in [5.41, 5.74) is 5.25. The summed E-state index contributed by atoms with van der Waals surface area (Å²) < 4.78 is 43.2. The molecule has 3 N–H and O–H groups in total. The van der Waals surface area contributed by atoms with Crippen molar-refractivity contribution in [2.24, 2.45) is 5.73 Å². The summed E-state index contributed by atoms with van der Waals surface area (Å²) in [4.78, 5) is 28.3. The van der Waals surface area contributed by atoms with Gasteiger partial charge >= 0.3 is 6.18 Å². The maximum absolute atomic E-state index is 12.6. The molecule has 3 rings (SSSR count). The van der Waals surface area contributed by atoms with Crippen molar-refractivity contribution in [3.63, 3.8) is 0 Å². The number of halogens is 3. The number of nitrogens with two attached hydrogens (primary N) is 1. The molecule has 0 aliphatic rings. The van der Waals surface area contributed by atoms with Crippen molar-refractivity contribution in [2.75, 3.05) is 11.9 Å². The maximum Gasteiger partial charge on any atom is 0.416 e. The minimum Gasteiger partial charge on any atom is -0.483 e. The van der Waals surface area contributed by atoms with Crippen LogP contribution in [0.15, 0.2) is 54.7 Å². The van der Waals surface area contributed by atoms with Gasteiger partial charge in [-0.25, -0.2) is 4.98 Å². The van der Waals surface area contributed by atoms with Gasteiger partial charge in [0.25, 0.3) is 11.8 Å². The zero-order chi connectivity index (χ0) is 21.7. The number of hydrogen-bond donors (Lipinski definition) is 2. The molecular formula is C20H16F3N3O3S. The SMILES string of the molecule is NC(=O)COc1ccccc1C(=O)Nc1ncc(Cc2ccc(C(F)(F)F)cc2)s1. The number of anilines is 1. The van der Waals surface area contributed by atoms with Crippen LogP contribution in [0.3, 0.4) is 0 Å². The summed E-state index contributed by atoms with van der Waals surface area (Å²) >= 11 is 1.20. The Kier molecular flexibility index (Phi) is 6.36. The highest BCUT2D eigenvalue weighted by molar-refractivity contribution is 7.15. The number of rotatable bonds is 7. The zero-order valence-electron chi connectivity index (χ0n) is 15.4. The molecule has 2 amide bonds. The predicted octanol–water partition coefficient (Wildman–Crippen LogP) is 3.87. The minimum absolute atomic E-state index is 0.204. The molecular weight excluding hydrogens is 419 g/mol. The number of carbonyl (C=O) groups excluding carboxylic acids is 2. The summed E-state index contributed by atoms with van der Waals surface area (Å²) in [7, 11) is 0. The zero-order valence-corrected chi connectivity index (χ0v) is 16.2. The first kappa shape index (κ1) is 21.3. The third kappa shape index (κ3) is 5.57. The number of primary amides is 1. The van der Waals surface area contributed by atoms with Gasteiger partial charge in [-0.15, -0.1) is 11.3 Å². The summed E-state index contributed by atoms with van der Waals surface area (Å²) in [5.74, 6) is -0.945. The molecule has 156 valence electrons. The highest BCUT2D eigenvalue weighted by atomic mass is 32.1. The van der Waals surface area contributed by atoms with Crippen LogP contribution in [0.2, 0.25) is 0 Å². The van der Waals surface area contributed by atoms with Crippen LogP contribution in [0.4, 0.5) is 18.3 Å². The van der Waals surface area contributed by atoms with Gasteiger partial charge in [0, 0.05) is 17.5 Å². The molecule has 0 bridgehead atoms. The lowest BCUT2D eigenvalue weighted by Crippen LogP contribution is -2.21. The summed E-state index contributed by atoms with van der Waals surface area (Å²) in [5, 5.41) is 2.97. The first-order chi connectivity index (χ1) is 14.2. The van der Waals surface area contributed by atoms with Crippen molar-refractivity contribution in [2.45, 2.75) is 12.6 Å². The number of thiazole rings is 1. The Morgan fingerprint density at radius 2 is 1.80 bits per heavy atom. The Balaban J connectivity index is 1.66. The number of benzene rings is 2. The van der Waals surface area contributed by atoms with Crippen LogP contribution < -0.4 is 15.8 Å². The van der Waals surface area contributed by atoms with Crippen LogP contribution in [0.5, 0.6) is 5.75 Å². The molecule has 0 saturated carbocycles. The van der Waals surface area contributed by atoms with E-state index in [1.165, 1.54) is 35.6 Å². The van der Waals surface area contributed by atoms with E-state index in [2.05, 4.69) is 10.3 Å². The average molecular weight is 435 g/mol. The number of para-hydroxylation sites is 1. The molecule has 0 aliphatic carbocycles. The van der Waals surface area contributed by atoms with E-state index in [9.17, 15) is 22.8 Å². The quantitative estimate of drug-likeness (QED) is 0.589. The van der Waals surface area contributed by atoms with E-state index in [4.69, 9.17) is 10.5 Å². The lowest BCUT2D eigenvalue weighted by molar-refractivity contribution is -0.137. The second kappa shape index (κ2) is 8.95. The number of ether oxygens (including phenoxy) is 1. The molecule has 0 unspecified atom stereocenters. The van der Waals surface area contributed by atoms with Gasteiger partial charge in [0.2, 0.25) is 0 Å². The molecule has 3 aromatic rings. The fraction of sp³-hybridized carbons (Fsp3) is 0.150. The molecule has 0 spiro atoms. The fourth-order valence-electron chi connectivity index (χ4n) is 2.55. The predicted molar refractivity (Wildman–Crippen MR) is 105 cm³/mol. The van der Waals surface area contributed by atoms with E-state index in [1.807, 2.05) is 0 Å². The average Bonchev–Trinajstić information content (AvgIpc) is 3.13. The molecule has 2 aromatic carbocycles. The fourth-order valence-corrected chi connectivity index (χ4v) is 3.39. The van der Waals surface area contributed by atoms with E-state index in [0.29, 0.717) is 17.1 Å². The van der Waals surface area contributed by atoms with Crippen LogP contribution in [-0.2, 0) is 17.4 Å². The second-order valence-corrected chi connectivity index (χ2v) is 7.32. The van der Waals surface area contributed by atoms with Gasteiger partial charge in [0.15, 0.2) is 11.7 Å². The Bertz CT molecular complexity index is 1050. The Labute approximate surface area is 173 Å². The molecule has 1 aromatic heterocycles. The van der Waals surface area contributed by atoms with E-state index in [-0.39, 0.29) is 17.9 Å². The highest BCUT2D eigenvalue weighted by Crippen LogP contribution is 2.30. The van der Waals surface area contributed by atoms with Crippen molar-refractivity contribution < 1.29 is 27.5 Å². The third-order valence-electron chi connectivity index (χ3n) is 3.94. The maximum atomic E-state index is 12.6. The van der Waals surface area contributed by atoms with Crippen molar-refractivity contribution in [3.05, 3.63) is 76.3 Å². The van der Waals surface area contributed by atoms with E-state index < -0.39 is 23.6 Å². The molecule has 0 radical (unpaired) electrons. The molecule has 30 heavy (non-hydrogen) atoms. The number of alkyl halides is 3. The Morgan fingerprint density at radius 1 is 1.10 bits per heavy atom. The van der Waals surface area contributed by atoms with E-state index in [1.54, 1.807) is 18.3 Å². The molecule has 0 aliphatic heterocycles. The van der Waals surface area contributed by atoms with Crippen LogP contribution in [-0.4, -0.2) is 23.4 Å². The molecule has 0 saturated heterocycles. The van der Waals surface area contributed by atoms with Crippen molar-refractivity contribution in [1.29, 1.82) is 0 Å². The van der Waals surface area contributed by atoms with Crippen molar-refractivity contribution in [1.82, 2.24) is 4.98 Å². The molecule has 10 heteroatoms. The largest absolute Gasteiger partial charge is 0.483 e. The molecule has 0 fully saturated rings. The van der Waals surface area contributed by atoms with Gasteiger partial charge in [0.05, 0.1) is 11.1 Å². The second-order valence-electron chi connectivity index (χ2n) is 6.21. The van der Waals surface area contributed by atoms with Gasteiger partial charge in [0.1, 0.15) is 5.75 Å². The van der Waals surface area contributed by atoms with E-state index >= 15 is 0 Å². The monoisotopic (exact) mass is 435 g/mol.